The van der Waals surface area contributed by atoms with Crippen molar-refractivity contribution in [3.05, 3.63) is 11.5 Å². The molecule has 0 radical (unpaired) electrons. The third-order valence-electron chi connectivity index (χ3n) is 1.48. The van der Waals surface area contributed by atoms with Gasteiger partial charge in [0.15, 0.2) is 11.9 Å². The van der Waals surface area contributed by atoms with E-state index in [1.165, 1.54) is 13.8 Å². The molecule has 7 nitrogen and oxygen atoms in total. The van der Waals surface area contributed by atoms with Crippen LogP contribution in [0.4, 0.5) is 0 Å². The van der Waals surface area contributed by atoms with Crippen molar-refractivity contribution in [2.75, 3.05) is 6.61 Å². The lowest BCUT2D eigenvalue weighted by Gasteiger charge is -2.13. The van der Waals surface area contributed by atoms with Gasteiger partial charge in [-0.25, -0.2) is 4.79 Å². The maximum atomic E-state index is 10.5. The van der Waals surface area contributed by atoms with Gasteiger partial charge in [0.05, 0.1) is 6.61 Å². The number of hydrogen-bond acceptors (Lipinski definition) is 7. The first-order chi connectivity index (χ1) is 7.31. The fraction of sp³-hybridized carbons (Fsp3) is 0.556. The Balaban J connectivity index is 0.000000487. The Labute approximate surface area is 91.6 Å². The van der Waals surface area contributed by atoms with Gasteiger partial charge in [-0.2, -0.15) is 0 Å². The molecule has 0 fully saturated rings. The predicted molar refractivity (Wildman–Crippen MR) is 51.6 cm³/mol. The Hall–Kier alpha value is -1.60. The summed E-state index contributed by atoms with van der Waals surface area (Å²) in [4.78, 5) is 20.0. The Bertz CT molecular complexity index is 303. The lowest BCUT2D eigenvalue weighted by Crippen LogP contribution is -2.31. The van der Waals surface area contributed by atoms with E-state index in [1.807, 2.05) is 0 Å². The first-order valence-electron chi connectivity index (χ1n) is 4.40. The molecule has 1 aliphatic heterocycles. The summed E-state index contributed by atoms with van der Waals surface area (Å²) in [5, 5.41) is 35.0. The number of hydrogen-bond donors (Lipinski definition) is 4. The average molecular weight is 234 g/mol. The van der Waals surface area contributed by atoms with Crippen molar-refractivity contribution in [3.63, 3.8) is 0 Å². The van der Waals surface area contributed by atoms with Crippen LogP contribution in [-0.2, 0) is 14.3 Å². The van der Waals surface area contributed by atoms with E-state index in [2.05, 4.69) is 4.74 Å². The second kappa shape index (κ2) is 6.09. The number of carbonyl (C=O) groups is 2. The van der Waals surface area contributed by atoms with Gasteiger partial charge in [0.25, 0.3) is 0 Å². The molecule has 0 amide bonds. The minimum Gasteiger partial charge on any atom is -0.505 e. The fourth-order valence-electron chi connectivity index (χ4n) is 0.823. The van der Waals surface area contributed by atoms with Crippen molar-refractivity contribution in [3.8, 4) is 0 Å². The Morgan fingerprint density at radius 3 is 2.12 bits per heavy atom. The average Bonchev–Trinajstić information content (AvgIpc) is 2.44. The second-order valence-corrected chi connectivity index (χ2v) is 3.22. The van der Waals surface area contributed by atoms with E-state index >= 15 is 0 Å². The lowest BCUT2D eigenvalue weighted by atomic mass is 10.2. The zero-order chi connectivity index (χ0) is 12.9. The summed E-state index contributed by atoms with van der Waals surface area (Å²) >= 11 is 0. The molecule has 0 saturated heterocycles. The molecule has 1 rings (SSSR count). The molecule has 0 aromatic rings. The van der Waals surface area contributed by atoms with Gasteiger partial charge >= 0.3 is 5.97 Å². The minimum atomic E-state index is -1.42. The van der Waals surface area contributed by atoms with Gasteiger partial charge in [0.2, 0.25) is 5.76 Å². The molecular formula is C9H14O7. The van der Waals surface area contributed by atoms with Gasteiger partial charge < -0.3 is 30.0 Å². The lowest BCUT2D eigenvalue weighted by molar-refractivity contribution is -0.147. The summed E-state index contributed by atoms with van der Waals surface area (Å²) < 4.78 is 4.32. The zero-order valence-electron chi connectivity index (χ0n) is 8.88. The molecule has 0 aromatic carbocycles. The molecule has 0 unspecified atom stereocenters. The van der Waals surface area contributed by atoms with E-state index in [4.69, 9.17) is 20.4 Å². The molecule has 1 aliphatic rings. The molecule has 0 spiro atoms. The van der Waals surface area contributed by atoms with E-state index in [1.54, 1.807) is 0 Å². The fourth-order valence-corrected chi connectivity index (χ4v) is 0.823. The summed E-state index contributed by atoms with van der Waals surface area (Å²) in [5.74, 6) is -2.61. The summed E-state index contributed by atoms with van der Waals surface area (Å²) in [6, 6.07) is 0. The van der Waals surface area contributed by atoms with Gasteiger partial charge in [-0.3, -0.25) is 0 Å². The largest absolute Gasteiger partial charge is 0.505 e. The summed E-state index contributed by atoms with van der Waals surface area (Å²) in [7, 11) is 0. The number of aliphatic hydroxyl groups excluding tert-OH is 4. The molecule has 0 saturated carbocycles. The number of esters is 1. The van der Waals surface area contributed by atoms with Crippen LogP contribution in [0.5, 0.6) is 0 Å². The van der Waals surface area contributed by atoms with Crippen LogP contribution in [-0.4, -0.2) is 51.0 Å². The Morgan fingerprint density at radius 2 is 1.88 bits per heavy atom. The van der Waals surface area contributed by atoms with Crippen LogP contribution in [0.15, 0.2) is 11.5 Å². The number of aliphatic hydroxyl groups is 4. The molecule has 2 atom stereocenters. The van der Waals surface area contributed by atoms with Gasteiger partial charge in [-0.05, 0) is 13.8 Å². The summed E-state index contributed by atoms with van der Waals surface area (Å²) in [6.45, 7) is 2.38. The minimum absolute atomic E-state index is 0.167. The van der Waals surface area contributed by atoms with E-state index in [9.17, 15) is 9.59 Å². The van der Waals surface area contributed by atoms with Crippen LogP contribution in [0.25, 0.3) is 0 Å². The highest BCUT2D eigenvalue weighted by Crippen LogP contribution is 2.20. The van der Waals surface area contributed by atoms with Crippen LogP contribution >= 0.6 is 0 Å². The standard InChI is InChI=1S/C6H8O6.C3H6O/c7-1-2(8)5-3(9)4(10)6(11)12-5;1-3(2)4/h2,5,7-10H,1H2;1-2H3/t2-,5+;/m0./s1. The topological polar surface area (TPSA) is 124 Å². The normalized spacial score (nSPS) is 21.0. The summed E-state index contributed by atoms with van der Waals surface area (Å²) in [5.41, 5.74) is 0. The van der Waals surface area contributed by atoms with Crippen molar-refractivity contribution < 1.29 is 34.8 Å². The van der Waals surface area contributed by atoms with Crippen molar-refractivity contribution >= 4 is 11.8 Å². The first-order valence-corrected chi connectivity index (χ1v) is 4.40. The van der Waals surface area contributed by atoms with Crippen molar-refractivity contribution in [2.24, 2.45) is 0 Å². The molecule has 4 N–H and O–H groups in total. The Kier molecular flexibility index (Phi) is 5.48. The van der Waals surface area contributed by atoms with Crippen molar-refractivity contribution in [2.45, 2.75) is 26.1 Å². The van der Waals surface area contributed by atoms with Crippen molar-refractivity contribution in [1.29, 1.82) is 0 Å². The van der Waals surface area contributed by atoms with E-state index in [-0.39, 0.29) is 5.78 Å². The number of carbonyl (C=O) groups excluding carboxylic acids is 2. The SMILES string of the molecule is CC(C)=O.O=C1O[C@H]([C@@H](O)CO)C(O)=C1O. The smallest absolute Gasteiger partial charge is 0.377 e. The van der Waals surface area contributed by atoms with Crippen LogP contribution in [0.1, 0.15) is 13.8 Å². The van der Waals surface area contributed by atoms with Gasteiger partial charge in [0, 0.05) is 0 Å². The molecule has 1 heterocycles. The highest BCUT2D eigenvalue weighted by Gasteiger charge is 2.38. The third kappa shape index (κ3) is 3.87. The molecule has 92 valence electrons. The number of Topliss-reactive ketones (excluding diaryl/α,β-unsaturated/α-hetero) is 1. The quantitative estimate of drug-likeness (QED) is 0.460. The molecule has 0 aromatic heterocycles. The maximum absolute atomic E-state index is 10.5. The maximum Gasteiger partial charge on any atom is 0.377 e. The first kappa shape index (κ1) is 14.4. The van der Waals surface area contributed by atoms with Crippen LogP contribution in [0.3, 0.4) is 0 Å². The highest BCUT2D eigenvalue weighted by atomic mass is 16.6. The second-order valence-electron chi connectivity index (χ2n) is 3.22. The molecule has 0 bridgehead atoms. The van der Waals surface area contributed by atoms with Gasteiger partial charge in [-0.1, -0.05) is 0 Å². The molecule has 7 heteroatoms. The summed E-state index contributed by atoms with van der Waals surface area (Å²) in [6.07, 6.45) is -2.78. The van der Waals surface area contributed by atoms with Crippen LogP contribution in [0.2, 0.25) is 0 Å². The van der Waals surface area contributed by atoms with E-state index in [0.29, 0.717) is 0 Å². The molecule has 0 aliphatic carbocycles. The number of ether oxygens (including phenoxy) is 1. The van der Waals surface area contributed by atoms with E-state index < -0.39 is 36.3 Å². The van der Waals surface area contributed by atoms with Crippen molar-refractivity contribution in [1.82, 2.24) is 0 Å². The van der Waals surface area contributed by atoms with Gasteiger partial charge in [0.1, 0.15) is 11.9 Å². The van der Waals surface area contributed by atoms with Gasteiger partial charge in [-0.15, -0.1) is 0 Å². The van der Waals surface area contributed by atoms with Crippen LogP contribution < -0.4 is 0 Å². The zero-order valence-corrected chi connectivity index (χ0v) is 8.88. The Morgan fingerprint density at radius 1 is 1.44 bits per heavy atom. The number of rotatable bonds is 2. The number of cyclic esters (lactones) is 1. The molecule has 16 heavy (non-hydrogen) atoms. The van der Waals surface area contributed by atoms with E-state index in [0.717, 1.165) is 0 Å². The highest BCUT2D eigenvalue weighted by molar-refractivity contribution is 5.89. The number of ketones is 1. The monoisotopic (exact) mass is 234 g/mol. The molecular weight excluding hydrogens is 220 g/mol. The third-order valence-corrected chi connectivity index (χ3v) is 1.48. The predicted octanol–water partition coefficient (Wildman–Crippen LogP) is -0.812. The van der Waals surface area contributed by atoms with Crippen LogP contribution in [0, 0.1) is 0 Å².